The van der Waals surface area contributed by atoms with Gasteiger partial charge in [0.1, 0.15) is 11.6 Å². The van der Waals surface area contributed by atoms with E-state index in [2.05, 4.69) is 12.2 Å². The van der Waals surface area contributed by atoms with Crippen LogP contribution in [0.15, 0.2) is 18.2 Å². The fraction of sp³-hybridized carbons (Fsp3) is 0.625. The van der Waals surface area contributed by atoms with Crippen LogP contribution in [0.3, 0.4) is 0 Å². The molecule has 0 spiro atoms. The molecule has 0 amide bonds. The van der Waals surface area contributed by atoms with Crippen molar-refractivity contribution in [3.63, 3.8) is 0 Å². The Labute approximate surface area is 114 Å². The molecule has 1 saturated carbocycles. The maximum atomic E-state index is 13.7. The molecule has 1 aliphatic rings. The summed E-state index contributed by atoms with van der Waals surface area (Å²) < 4.78 is 27.4. The molecule has 1 aliphatic carbocycles. The van der Waals surface area contributed by atoms with Crippen LogP contribution in [0.2, 0.25) is 0 Å². The molecule has 1 aromatic carbocycles. The quantitative estimate of drug-likeness (QED) is 0.841. The van der Waals surface area contributed by atoms with Crippen LogP contribution in [0.1, 0.15) is 57.6 Å². The van der Waals surface area contributed by atoms with Gasteiger partial charge in [-0.05, 0) is 50.7 Å². The highest BCUT2D eigenvalue weighted by Gasteiger charge is 2.23. The third-order valence-corrected chi connectivity index (χ3v) is 4.34. The minimum atomic E-state index is -0.456. The molecule has 0 radical (unpaired) electrons. The van der Waals surface area contributed by atoms with Gasteiger partial charge in [-0.2, -0.15) is 0 Å². The minimum absolute atomic E-state index is 0.167. The summed E-state index contributed by atoms with van der Waals surface area (Å²) in [5.74, 6) is -0.0805. The molecule has 1 N–H and O–H groups in total. The summed E-state index contributed by atoms with van der Waals surface area (Å²) in [6, 6.07) is 4.17. The van der Waals surface area contributed by atoms with Crippen molar-refractivity contribution in [3.8, 4) is 0 Å². The second-order valence-corrected chi connectivity index (χ2v) is 5.65. The van der Waals surface area contributed by atoms with Gasteiger partial charge in [0.15, 0.2) is 0 Å². The summed E-state index contributed by atoms with van der Waals surface area (Å²) >= 11 is 0. The summed E-state index contributed by atoms with van der Waals surface area (Å²) in [7, 11) is 0. The van der Waals surface area contributed by atoms with Gasteiger partial charge in [-0.3, -0.25) is 0 Å². The number of nitrogens with one attached hydrogen (secondary N) is 1. The summed E-state index contributed by atoms with van der Waals surface area (Å²) in [5, 5.41) is 3.38. The fourth-order valence-electron chi connectivity index (χ4n) is 3.10. The minimum Gasteiger partial charge on any atom is -0.307 e. The Balaban J connectivity index is 1.96. The van der Waals surface area contributed by atoms with Crippen molar-refractivity contribution in [1.29, 1.82) is 0 Å². The Bertz CT molecular complexity index is 391. The molecule has 1 aromatic rings. The number of halogens is 2. The van der Waals surface area contributed by atoms with Gasteiger partial charge in [0, 0.05) is 17.6 Å². The molecule has 1 atom stereocenters. The zero-order valence-electron chi connectivity index (χ0n) is 11.8. The van der Waals surface area contributed by atoms with Crippen LogP contribution >= 0.6 is 0 Å². The van der Waals surface area contributed by atoms with E-state index >= 15 is 0 Å². The zero-order valence-corrected chi connectivity index (χ0v) is 11.8. The lowest BCUT2D eigenvalue weighted by Crippen LogP contribution is -2.35. The van der Waals surface area contributed by atoms with E-state index in [1.807, 2.05) is 6.92 Å². The third-order valence-electron chi connectivity index (χ3n) is 4.34. The van der Waals surface area contributed by atoms with Crippen LogP contribution in [-0.2, 0) is 0 Å². The lowest BCUT2D eigenvalue weighted by molar-refractivity contribution is 0.270. The van der Waals surface area contributed by atoms with E-state index in [1.165, 1.54) is 37.5 Å². The van der Waals surface area contributed by atoms with Gasteiger partial charge in [-0.25, -0.2) is 8.78 Å². The molecular formula is C16H23F2N. The molecular weight excluding hydrogens is 244 g/mol. The highest BCUT2D eigenvalue weighted by atomic mass is 19.1. The molecule has 2 rings (SSSR count). The van der Waals surface area contributed by atoms with Crippen molar-refractivity contribution in [1.82, 2.24) is 5.32 Å². The van der Waals surface area contributed by atoms with Crippen LogP contribution in [0.4, 0.5) is 8.78 Å². The van der Waals surface area contributed by atoms with Gasteiger partial charge >= 0.3 is 0 Å². The second-order valence-electron chi connectivity index (χ2n) is 5.65. The zero-order chi connectivity index (χ0) is 13.8. The topological polar surface area (TPSA) is 12.0 Å². The van der Waals surface area contributed by atoms with Crippen molar-refractivity contribution < 1.29 is 8.78 Å². The molecule has 0 aromatic heterocycles. The highest BCUT2D eigenvalue weighted by Crippen LogP contribution is 2.29. The molecule has 0 bridgehead atoms. The van der Waals surface area contributed by atoms with Gasteiger partial charge in [0.05, 0.1) is 0 Å². The monoisotopic (exact) mass is 267 g/mol. The van der Waals surface area contributed by atoms with E-state index in [9.17, 15) is 8.78 Å². The van der Waals surface area contributed by atoms with Crippen molar-refractivity contribution in [2.75, 3.05) is 0 Å². The first-order valence-electron chi connectivity index (χ1n) is 7.31. The van der Waals surface area contributed by atoms with Crippen LogP contribution in [-0.4, -0.2) is 6.04 Å². The summed E-state index contributed by atoms with van der Waals surface area (Å²) in [4.78, 5) is 0. The average molecular weight is 267 g/mol. The summed E-state index contributed by atoms with van der Waals surface area (Å²) in [6.07, 6.45) is 5.91. The van der Waals surface area contributed by atoms with Crippen LogP contribution in [0.5, 0.6) is 0 Å². The predicted octanol–water partition coefficient (Wildman–Crippen LogP) is 4.58. The van der Waals surface area contributed by atoms with Crippen molar-refractivity contribution in [2.45, 2.75) is 58.0 Å². The predicted molar refractivity (Wildman–Crippen MR) is 73.9 cm³/mol. The molecule has 0 heterocycles. The van der Waals surface area contributed by atoms with Crippen LogP contribution in [0, 0.1) is 17.6 Å². The third kappa shape index (κ3) is 3.53. The van der Waals surface area contributed by atoms with E-state index in [4.69, 9.17) is 0 Å². The summed E-state index contributed by atoms with van der Waals surface area (Å²) in [6.45, 7) is 4.07. The molecule has 19 heavy (non-hydrogen) atoms. The second kappa shape index (κ2) is 6.47. The van der Waals surface area contributed by atoms with Gasteiger partial charge < -0.3 is 5.32 Å². The number of hydrogen-bond acceptors (Lipinski definition) is 1. The average Bonchev–Trinajstić information content (AvgIpc) is 2.39. The first-order chi connectivity index (χ1) is 9.11. The van der Waals surface area contributed by atoms with Crippen molar-refractivity contribution in [2.24, 2.45) is 5.92 Å². The first-order valence-corrected chi connectivity index (χ1v) is 7.31. The normalized spacial score (nSPS) is 25.3. The van der Waals surface area contributed by atoms with Gasteiger partial charge in [0.2, 0.25) is 0 Å². The molecule has 0 aliphatic heterocycles. The molecule has 1 nitrogen and oxygen atoms in total. The SMILES string of the molecule is CCC1CCC(NC(C)c2c(F)cccc2F)CC1. The molecule has 106 valence electrons. The Morgan fingerprint density at radius 1 is 1.16 bits per heavy atom. The van der Waals surface area contributed by atoms with Gasteiger partial charge in [-0.1, -0.05) is 19.4 Å². The van der Waals surface area contributed by atoms with Gasteiger partial charge in [-0.15, -0.1) is 0 Å². The number of hydrogen-bond donors (Lipinski definition) is 1. The fourth-order valence-corrected chi connectivity index (χ4v) is 3.10. The Kier molecular flexibility index (Phi) is 4.92. The molecule has 1 unspecified atom stereocenters. The summed E-state index contributed by atoms with van der Waals surface area (Å²) in [5.41, 5.74) is 0.167. The standard InChI is InChI=1S/C16H23F2N/c1-3-12-7-9-13(10-8-12)19-11(2)16-14(17)5-4-6-15(16)18/h4-6,11-13,19H,3,7-10H2,1-2H3. The Morgan fingerprint density at radius 3 is 2.26 bits per heavy atom. The Morgan fingerprint density at radius 2 is 1.74 bits per heavy atom. The Hall–Kier alpha value is -0.960. The molecule has 1 fully saturated rings. The maximum Gasteiger partial charge on any atom is 0.130 e. The first kappa shape index (κ1) is 14.4. The smallest absolute Gasteiger partial charge is 0.130 e. The van der Waals surface area contributed by atoms with Crippen molar-refractivity contribution in [3.05, 3.63) is 35.4 Å². The molecule has 0 saturated heterocycles. The highest BCUT2D eigenvalue weighted by molar-refractivity contribution is 5.22. The van der Waals surface area contributed by atoms with E-state index in [-0.39, 0.29) is 11.6 Å². The van der Waals surface area contributed by atoms with E-state index < -0.39 is 11.6 Å². The van der Waals surface area contributed by atoms with Crippen LogP contribution in [0.25, 0.3) is 0 Å². The van der Waals surface area contributed by atoms with Gasteiger partial charge in [0.25, 0.3) is 0 Å². The van der Waals surface area contributed by atoms with E-state index in [1.54, 1.807) is 0 Å². The van der Waals surface area contributed by atoms with E-state index in [0.717, 1.165) is 18.8 Å². The lowest BCUT2D eigenvalue weighted by Gasteiger charge is -2.31. The maximum absolute atomic E-state index is 13.7. The number of rotatable bonds is 4. The van der Waals surface area contributed by atoms with Crippen molar-refractivity contribution >= 4 is 0 Å². The molecule has 3 heteroatoms. The van der Waals surface area contributed by atoms with Crippen LogP contribution < -0.4 is 5.32 Å². The largest absolute Gasteiger partial charge is 0.307 e. The van der Waals surface area contributed by atoms with E-state index in [0.29, 0.717) is 6.04 Å². The number of benzene rings is 1. The lowest BCUT2D eigenvalue weighted by atomic mass is 9.84.